The molecule has 0 radical (unpaired) electrons. The van der Waals surface area contributed by atoms with E-state index in [0.29, 0.717) is 0 Å². The van der Waals surface area contributed by atoms with E-state index in [4.69, 9.17) is 4.74 Å². The first-order valence-corrected chi connectivity index (χ1v) is 7.99. The Morgan fingerprint density at radius 3 is 2.30 bits per heavy atom. The lowest BCUT2D eigenvalue weighted by Crippen LogP contribution is -2.64. The summed E-state index contributed by atoms with van der Waals surface area (Å²) in [7, 11) is 1.50. The quantitative estimate of drug-likeness (QED) is 0.729. The summed E-state index contributed by atoms with van der Waals surface area (Å²) in [6, 6.07) is 0. The first kappa shape index (κ1) is 17.4. The van der Waals surface area contributed by atoms with Crippen molar-refractivity contribution in [3.8, 4) is 0 Å². The van der Waals surface area contributed by atoms with Gasteiger partial charge in [-0.15, -0.1) is 0 Å². The van der Waals surface area contributed by atoms with Crippen molar-refractivity contribution in [3.05, 3.63) is 0 Å². The van der Waals surface area contributed by atoms with Crippen molar-refractivity contribution in [1.82, 2.24) is 10.2 Å². The number of hydrogen-bond acceptors (Lipinski definition) is 4. The standard InChI is InChI=1S/C16H32N2O2/c1-6-18(7-2)13-12-17-16(14(19)20-5)11-9-8-10-15(16,3)4/h17H,6-13H2,1-5H3. The van der Waals surface area contributed by atoms with Crippen LogP contribution in [0, 0.1) is 5.41 Å². The minimum absolute atomic E-state index is 0.0540. The summed E-state index contributed by atoms with van der Waals surface area (Å²) >= 11 is 0. The molecule has 118 valence electrons. The van der Waals surface area contributed by atoms with Gasteiger partial charge >= 0.3 is 5.97 Å². The average molecular weight is 284 g/mol. The van der Waals surface area contributed by atoms with E-state index in [1.54, 1.807) is 0 Å². The number of rotatable bonds is 7. The highest BCUT2D eigenvalue weighted by Crippen LogP contribution is 2.44. The van der Waals surface area contributed by atoms with Gasteiger partial charge in [-0.3, -0.25) is 4.79 Å². The van der Waals surface area contributed by atoms with Crippen LogP contribution in [-0.2, 0) is 9.53 Å². The molecular formula is C16H32N2O2. The molecule has 1 rings (SSSR count). The van der Waals surface area contributed by atoms with Crippen LogP contribution >= 0.6 is 0 Å². The lowest BCUT2D eigenvalue weighted by atomic mass is 9.63. The Hall–Kier alpha value is -0.610. The fourth-order valence-electron chi connectivity index (χ4n) is 3.43. The van der Waals surface area contributed by atoms with E-state index in [9.17, 15) is 4.79 Å². The molecule has 1 N–H and O–H groups in total. The smallest absolute Gasteiger partial charge is 0.326 e. The molecule has 0 bridgehead atoms. The molecule has 1 fully saturated rings. The van der Waals surface area contributed by atoms with Gasteiger partial charge in [0.2, 0.25) is 0 Å². The molecule has 4 nitrogen and oxygen atoms in total. The summed E-state index contributed by atoms with van der Waals surface area (Å²) in [5.41, 5.74) is -0.575. The van der Waals surface area contributed by atoms with Crippen molar-refractivity contribution >= 4 is 5.97 Å². The van der Waals surface area contributed by atoms with Crippen molar-refractivity contribution < 1.29 is 9.53 Å². The molecule has 1 aliphatic carbocycles. The molecule has 1 unspecified atom stereocenters. The predicted octanol–water partition coefficient (Wildman–Crippen LogP) is 2.43. The van der Waals surface area contributed by atoms with Crippen LogP contribution in [0.4, 0.5) is 0 Å². The van der Waals surface area contributed by atoms with Crippen molar-refractivity contribution in [2.45, 2.75) is 58.9 Å². The zero-order valence-corrected chi connectivity index (χ0v) is 13.9. The van der Waals surface area contributed by atoms with Crippen molar-refractivity contribution in [2.24, 2.45) is 5.41 Å². The number of nitrogens with zero attached hydrogens (tertiary/aromatic N) is 1. The maximum Gasteiger partial charge on any atom is 0.326 e. The zero-order valence-electron chi connectivity index (χ0n) is 13.9. The van der Waals surface area contributed by atoms with Gasteiger partial charge in [0.25, 0.3) is 0 Å². The Bertz CT molecular complexity index is 314. The lowest BCUT2D eigenvalue weighted by molar-refractivity contribution is -0.157. The van der Waals surface area contributed by atoms with Gasteiger partial charge in [-0.1, -0.05) is 40.5 Å². The second-order valence-electron chi connectivity index (χ2n) is 6.44. The van der Waals surface area contributed by atoms with Gasteiger partial charge in [-0.05, 0) is 31.3 Å². The third-order valence-electron chi connectivity index (χ3n) is 5.04. The van der Waals surface area contributed by atoms with Gasteiger partial charge in [0.15, 0.2) is 0 Å². The third kappa shape index (κ3) is 3.53. The number of carbonyl (C=O) groups is 1. The van der Waals surface area contributed by atoms with Crippen molar-refractivity contribution in [2.75, 3.05) is 33.3 Å². The largest absolute Gasteiger partial charge is 0.468 e. The molecule has 1 atom stereocenters. The van der Waals surface area contributed by atoms with Gasteiger partial charge in [-0.2, -0.15) is 0 Å². The molecule has 0 heterocycles. The first-order valence-electron chi connectivity index (χ1n) is 7.99. The predicted molar refractivity (Wildman–Crippen MR) is 82.8 cm³/mol. The molecule has 0 aromatic carbocycles. The number of esters is 1. The molecule has 0 saturated heterocycles. The van der Waals surface area contributed by atoms with Gasteiger partial charge < -0.3 is 15.0 Å². The minimum Gasteiger partial charge on any atom is -0.468 e. The molecule has 0 aliphatic heterocycles. The fourth-order valence-corrected chi connectivity index (χ4v) is 3.43. The van der Waals surface area contributed by atoms with Crippen LogP contribution in [0.25, 0.3) is 0 Å². The van der Waals surface area contributed by atoms with Crippen LogP contribution in [0.2, 0.25) is 0 Å². The highest BCUT2D eigenvalue weighted by Gasteiger charge is 2.52. The maximum atomic E-state index is 12.4. The van der Waals surface area contributed by atoms with E-state index >= 15 is 0 Å². The minimum atomic E-state index is -0.521. The first-order chi connectivity index (χ1) is 9.43. The van der Waals surface area contributed by atoms with E-state index in [-0.39, 0.29) is 11.4 Å². The molecule has 1 aliphatic rings. The summed E-state index contributed by atoms with van der Waals surface area (Å²) in [5.74, 6) is -0.0956. The van der Waals surface area contributed by atoms with Gasteiger partial charge in [-0.25, -0.2) is 0 Å². The number of likely N-dealkylation sites (N-methyl/N-ethyl adjacent to an activating group) is 1. The normalized spacial score (nSPS) is 25.7. The van der Waals surface area contributed by atoms with Crippen LogP contribution < -0.4 is 5.32 Å². The van der Waals surface area contributed by atoms with E-state index in [2.05, 4.69) is 37.9 Å². The van der Waals surface area contributed by atoms with Crippen LogP contribution in [-0.4, -0.2) is 49.7 Å². The summed E-state index contributed by atoms with van der Waals surface area (Å²) in [5, 5.41) is 3.56. The van der Waals surface area contributed by atoms with E-state index in [1.165, 1.54) is 13.5 Å². The summed E-state index contributed by atoms with van der Waals surface area (Å²) in [6.07, 6.45) is 4.24. The van der Waals surface area contributed by atoms with E-state index in [0.717, 1.165) is 45.4 Å². The number of carbonyl (C=O) groups excluding carboxylic acids is 1. The van der Waals surface area contributed by atoms with Gasteiger partial charge in [0.1, 0.15) is 5.54 Å². The molecule has 0 aromatic rings. The van der Waals surface area contributed by atoms with Crippen LogP contribution in [0.5, 0.6) is 0 Å². The SMILES string of the molecule is CCN(CC)CCNC1(C(=O)OC)CCCCC1(C)C. The number of hydrogen-bond donors (Lipinski definition) is 1. The molecule has 0 amide bonds. The van der Waals surface area contributed by atoms with E-state index in [1.807, 2.05) is 0 Å². The lowest BCUT2D eigenvalue weighted by Gasteiger charge is -2.48. The maximum absolute atomic E-state index is 12.4. The second-order valence-corrected chi connectivity index (χ2v) is 6.44. The second kappa shape index (κ2) is 7.41. The number of nitrogens with one attached hydrogen (secondary N) is 1. The summed E-state index contributed by atoms with van der Waals surface area (Å²) in [6.45, 7) is 12.6. The average Bonchev–Trinajstić information content (AvgIpc) is 2.44. The Balaban J connectivity index is 2.77. The van der Waals surface area contributed by atoms with Crippen molar-refractivity contribution in [1.29, 1.82) is 0 Å². The van der Waals surface area contributed by atoms with Crippen LogP contribution in [0.1, 0.15) is 53.4 Å². The fraction of sp³-hybridized carbons (Fsp3) is 0.938. The topological polar surface area (TPSA) is 41.6 Å². The van der Waals surface area contributed by atoms with Gasteiger partial charge in [0, 0.05) is 13.1 Å². The van der Waals surface area contributed by atoms with E-state index < -0.39 is 5.54 Å². The Morgan fingerprint density at radius 1 is 1.20 bits per heavy atom. The zero-order chi connectivity index (χ0) is 15.2. The summed E-state index contributed by atoms with van der Waals surface area (Å²) < 4.78 is 5.12. The third-order valence-corrected chi connectivity index (χ3v) is 5.04. The summed E-state index contributed by atoms with van der Waals surface area (Å²) in [4.78, 5) is 14.8. The molecule has 4 heteroatoms. The molecular weight excluding hydrogens is 252 g/mol. The van der Waals surface area contributed by atoms with Crippen molar-refractivity contribution in [3.63, 3.8) is 0 Å². The van der Waals surface area contributed by atoms with Gasteiger partial charge in [0.05, 0.1) is 7.11 Å². The highest BCUT2D eigenvalue weighted by atomic mass is 16.5. The number of ether oxygens (including phenoxy) is 1. The molecule has 0 spiro atoms. The monoisotopic (exact) mass is 284 g/mol. The van der Waals surface area contributed by atoms with Crippen LogP contribution in [0.15, 0.2) is 0 Å². The molecule has 20 heavy (non-hydrogen) atoms. The Labute approximate surface area is 124 Å². The Kier molecular flexibility index (Phi) is 6.46. The van der Waals surface area contributed by atoms with Crippen LogP contribution in [0.3, 0.4) is 0 Å². The molecule has 0 aromatic heterocycles. The number of methoxy groups -OCH3 is 1. The highest BCUT2D eigenvalue weighted by molar-refractivity contribution is 5.82. The Morgan fingerprint density at radius 2 is 1.80 bits per heavy atom. The molecule has 1 saturated carbocycles.